The van der Waals surface area contributed by atoms with Gasteiger partial charge in [-0.15, -0.1) is 0 Å². The quantitative estimate of drug-likeness (QED) is 0.342. The van der Waals surface area contributed by atoms with Crippen LogP contribution in [0.2, 0.25) is 0 Å². The zero-order chi connectivity index (χ0) is 33.6. The first-order valence-corrected chi connectivity index (χ1v) is 17.2. The van der Waals surface area contributed by atoms with E-state index in [2.05, 4.69) is 30.7 Å². The Bertz CT molecular complexity index is 1510. The lowest BCUT2D eigenvalue weighted by Gasteiger charge is -2.33. The van der Waals surface area contributed by atoms with Gasteiger partial charge < -0.3 is 29.9 Å². The number of nitrogens with one attached hydrogen (secondary N) is 3. The van der Waals surface area contributed by atoms with Crippen LogP contribution in [0.4, 0.5) is 10.5 Å². The number of aromatic nitrogens is 3. The number of ether oxygens (including phenoxy) is 2. The smallest absolute Gasteiger partial charge is 0.410 e. The van der Waals surface area contributed by atoms with Crippen molar-refractivity contribution in [1.82, 2.24) is 34.6 Å². The van der Waals surface area contributed by atoms with Crippen molar-refractivity contribution in [2.45, 2.75) is 77.3 Å². The van der Waals surface area contributed by atoms with Gasteiger partial charge in [0.05, 0.1) is 18.4 Å². The van der Waals surface area contributed by atoms with Gasteiger partial charge >= 0.3 is 6.09 Å². The third-order valence-corrected chi connectivity index (χ3v) is 9.75. The van der Waals surface area contributed by atoms with Crippen molar-refractivity contribution in [2.75, 3.05) is 57.7 Å². The number of likely N-dealkylation sites (N-methyl/N-ethyl adjacent to an activating group) is 1. The van der Waals surface area contributed by atoms with Crippen molar-refractivity contribution in [3.63, 3.8) is 0 Å². The van der Waals surface area contributed by atoms with Crippen molar-refractivity contribution in [1.29, 1.82) is 0 Å². The number of sulfonamides is 1. The number of H-pyrrole nitrogens is 1. The Balaban J connectivity index is 1.50. The van der Waals surface area contributed by atoms with Crippen molar-refractivity contribution in [2.24, 2.45) is 0 Å². The Hall–Kier alpha value is -3.76. The largest absolute Gasteiger partial charge is 0.476 e. The third kappa shape index (κ3) is 8.33. The predicted octanol–water partition coefficient (Wildman–Crippen LogP) is 2.47. The van der Waals surface area contributed by atoms with E-state index in [9.17, 15) is 22.8 Å². The highest BCUT2D eigenvalue weighted by molar-refractivity contribution is 7.89. The summed E-state index contributed by atoms with van der Waals surface area (Å²) < 4.78 is 39.4. The standard InChI is InChI=1S/C30H46N8O7S/c1-7-22-24(25(35-34-22)27(40)32-20-10-12-37(13-11-20)29(41)45-30(4,5)6)26(39)33-23-18-21(19-31-28(23)44-9-3)46(42,43)38-16-14-36(8-2)15-17-38/h18-20H,7-17H2,1-6H3,(H,32,40)(H,33,39)(H,34,35). The average Bonchev–Trinajstić information content (AvgIpc) is 3.46. The number of aryl methyl sites for hydroxylation is 1. The van der Waals surface area contributed by atoms with E-state index in [0.29, 0.717) is 64.2 Å². The maximum atomic E-state index is 13.7. The molecule has 15 nitrogen and oxygen atoms in total. The van der Waals surface area contributed by atoms with E-state index in [-0.39, 0.29) is 40.4 Å². The van der Waals surface area contributed by atoms with Crippen molar-refractivity contribution in [3.05, 3.63) is 29.2 Å². The SMILES string of the molecule is CCOc1ncc(S(=O)(=O)N2CCN(CC)CC2)cc1NC(=O)c1c(C(=O)NC2CCN(C(=O)OC(C)(C)C)CC2)n[nH]c1CC. The van der Waals surface area contributed by atoms with E-state index >= 15 is 0 Å². The fourth-order valence-corrected chi connectivity index (χ4v) is 6.76. The first-order valence-electron chi connectivity index (χ1n) is 15.8. The van der Waals surface area contributed by atoms with Crippen molar-refractivity contribution < 1.29 is 32.3 Å². The van der Waals surface area contributed by atoms with Gasteiger partial charge in [0.15, 0.2) is 5.69 Å². The van der Waals surface area contributed by atoms with Gasteiger partial charge in [-0.2, -0.15) is 9.40 Å². The fraction of sp³-hybridized carbons (Fsp3) is 0.633. The zero-order valence-corrected chi connectivity index (χ0v) is 28.3. The molecular formula is C30H46N8O7S. The van der Waals surface area contributed by atoms with Crippen molar-refractivity contribution >= 4 is 33.6 Å². The van der Waals surface area contributed by atoms with E-state index in [0.717, 1.165) is 6.54 Å². The zero-order valence-electron chi connectivity index (χ0n) is 27.5. The van der Waals surface area contributed by atoms with E-state index in [1.165, 1.54) is 16.6 Å². The molecule has 0 aromatic carbocycles. The summed E-state index contributed by atoms with van der Waals surface area (Å²) >= 11 is 0. The Morgan fingerprint density at radius 1 is 1.02 bits per heavy atom. The van der Waals surface area contributed by atoms with Gasteiger partial charge in [0.25, 0.3) is 11.8 Å². The van der Waals surface area contributed by atoms with Crippen LogP contribution in [0.15, 0.2) is 17.2 Å². The van der Waals surface area contributed by atoms with E-state index in [4.69, 9.17) is 9.47 Å². The number of carbonyl (C=O) groups excluding carboxylic acids is 3. The molecule has 0 unspecified atom stereocenters. The first-order chi connectivity index (χ1) is 21.8. The molecule has 2 fully saturated rings. The highest BCUT2D eigenvalue weighted by atomic mass is 32.2. The second kappa shape index (κ2) is 14.8. The summed E-state index contributed by atoms with van der Waals surface area (Å²) in [6.07, 6.45) is 2.23. The molecule has 3 N–H and O–H groups in total. The minimum Gasteiger partial charge on any atom is -0.476 e. The summed E-state index contributed by atoms with van der Waals surface area (Å²) in [5, 5.41) is 12.6. The fourth-order valence-electron chi connectivity index (χ4n) is 5.36. The van der Waals surface area contributed by atoms with Gasteiger partial charge in [0.1, 0.15) is 16.2 Å². The maximum absolute atomic E-state index is 13.7. The number of anilines is 1. The average molecular weight is 663 g/mol. The van der Waals surface area contributed by atoms with E-state index < -0.39 is 33.5 Å². The van der Waals surface area contributed by atoms with Crippen LogP contribution in [-0.4, -0.2) is 120 Å². The first kappa shape index (κ1) is 35.1. The summed E-state index contributed by atoms with van der Waals surface area (Å²) in [5.74, 6) is -1.15. The normalized spacial score (nSPS) is 17.0. The molecule has 254 valence electrons. The van der Waals surface area contributed by atoms with E-state index in [1.54, 1.807) is 11.8 Å². The minimum absolute atomic E-state index is 0.0394. The minimum atomic E-state index is -3.88. The van der Waals surface area contributed by atoms with Gasteiger partial charge in [-0.1, -0.05) is 13.8 Å². The summed E-state index contributed by atoms with van der Waals surface area (Å²) in [5.41, 5.74) is -0.157. The number of carbonyl (C=O) groups is 3. The molecule has 0 aliphatic carbocycles. The molecule has 0 saturated carbocycles. The summed E-state index contributed by atoms with van der Waals surface area (Å²) in [4.78, 5) is 47.5. The number of nitrogens with zero attached hydrogens (tertiary/aromatic N) is 5. The molecule has 2 aliphatic rings. The van der Waals surface area contributed by atoms with Crippen molar-refractivity contribution in [3.8, 4) is 5.88 Å². The molecule has 2 aromatic heterocycles. The highest BCUT2D eigenvalue weighted by Crippen LogP contribution is 2.28. The topological polar surface area (TPSA) is 179 Å². The van der Waals surface area contributed by atoms with Gasteiger partial charge in [0.2, 0.25) is 15.9 Å². The molecule has 4 heterocycles. The molecule has 3 amide bonds. The van der Waals surface area contributed by atoms with Crippen LogP contribution in [0.1, 0.15) is 80.9 Å². The summed E-state index contributed by atoms with van der Waals surface area (Å²) in [6, 6.07) is 1.10. The molecule has 2 aromatic rings. The lowest BCUT2D eigenvalue weighted by molar-refractivity contribution is 0.0199. The number of amides is 3. The third-order valence-electron chi connectivity index (χ3n) is 7.89. The Labute approximate surface area is 270 Å². The second-order valence-corrected chi connectivity index (χ2v) is 14.2. The highest BCUT2D eigenvalue weighted by Gasteiger charge is 2.32. The lowest BCUT2D eigenvalue weighted by atomic mass is 10.0. The number of hydrogen-bond donors (Lipinski definition) is 3. The second-order valence-electron chi connectivity index (χ2n) is 12.2. The van der Waals surface area contributed by atoms with Crippen LogP contribution < -0.4 is 15.4 Å². The van der Waals surface area contributed by atoms with Crippen LogP contribution in [0.25, 0.3) is 0 Å². The van der Waals surface area contributed by atoms with Crippen LogP contribution in [0.3, 0.4) is 0 Å². The Morgan fingerprint density at radius 2 is 1.70 bits per heavy atom. The summed E-state index contributed by atoms with van der Waals surface area (Å²) in [6.45, 7) is 14.9. The van der Waals surface area contributed by atoms with Crippen LogP contribution in [0.5, 0.6) is 5.88 Å². The number of rotatable bonds is 10. The number of pyridine rings is 1. The number of piperidine rings is 1. The molecule has 2 saturated heterocycles. The molecule has 0 radical (unpaired) electrons. The number of likely N-dealkylation sites (tertiary alicyclic amines) is 1. The lowest BCUT2D eigenvalue weighted by Crippen LogP contribution is -2.48. The molecule has 46 heavy (non-hydrogen) atoms. The van der Waals surface area contributed by atoms with Crippen LogP contribution in [0, 0.1) is 0 Å². The van der Waals surface area contributed by atoms with Gasteiger partial charge in [-0.3, -0.25) is 14.7 Å². The molecule has 0 bridgehead atoms. The Kier molecular flexibility index (Phi) is 11.3. The predicted molar refractivity (Wildman–Crippen MR) is 170 cm³/mol. The van der Waals surface area contributed by atoms with Gasteiger partial charge in [-0.25, -0.2) is 18.2 Å². The molecule has 0 spiro atoms. The van der Waals surface area contributed by atoms with Crippen LogP contribution in [-0.2, 0) is 21.2 Å². The number of hydrogen-bond acceptors (Lipinski definition) is 10. The van der Waals surface area contributed by atoms with Gasteiger partial charge in [-0.05, 0) is 59.6 Å². The number of piperazine rings is 1. The molecule has 16 heteroatoms. The Morgan fingerprint density at radius 3 is 2.28 bits per heavy atom. The molecule has 0 atom stereocenters. The molecule has 4 rings (SSSR count). The monoisotopic (exact) mass is 662 g/mol. The van der Waals surface area contributed by atoms with E-state index in [1.807, 2.05) is 34.6 Å². The molecule has 2 aliphatic heterocycles. The summed E-state index contributed by atoms with van der Waals surface area (Å²) in [7, 11) is -3.88. The molecular weight excluding hydrogens is 616 g/mol. The van der Waals surface area contributed by atoms with Gasteiger partial charge in [0, 0.05) is 51.0 Å². The van der Waals surface area contributed by atoms with Crippen LogP contribution >= 0.6 is 0 Å². The maximum Gasteiger partial charge on any atom is 0.410 e. The number of aromatic amines is 1.